The van der Waals surface area contributed by atoms with Crippen molar-refractivity contribution >= 4 is 21.7 Å². The molecule has 8 aromatic carbocycles. The van der Waals surface area contributed by atoms with Gasteiger partial charge in [0.05, 0.1) is 5.52 Å². The van der Waals surface area contributed by atoms with Crippen LogP contribution < -0.4 is 0 Å². The molecule has 262 valence electrons. The second-order valence-electron chi connectivity index (χ2n) is 13.9. The van der Waals surface area contributed by atoms with Gasteiger partial charge in [-0.1, -0.05) is 188 Å². The highest BCUT2D eigenvalue weighted by atomic mass is 15.0. The molecule has 0 aliphatic rings. The van der Waals surface area contributed by atoms with E-state index in [-0.39, 0.29) is 0 Å². The molecule has 0 atom stereocenters. The number of nitrogens with zero attached hydrogens (tertiary/aromatic N) is 4. The quantitative estimate of drug-likeness (QED) is 0.154. The summed E-state index contributed by atoms with van der Waals surface area (Å²) < 4.78 is 0. The van der Waals surface area contributed by atoms with E-state index in [9.17, 15) is 0 Å². The van der Waals surface area contributed by atoms with Crippen molar-refractivity contribution in [1.29, 1.82) is 0 Å². The fraction of sp³-hybridized carbons (Fsp3) is 0. The lowest BCUT2D eigenvalue weighted by molar-refractivity contribution is 1.07. The molecule has 56 heavy (non-hydrogen) atoms. The van der Waals surface area contributed by atoms with Crippen molar-refractivity contribution in [1.82, 2.24) is 19.9 Å². The van der Waals surface area contributed by atoms with E-state index in [2.05, 4.69) is 164 Å². The van der Waals surface area contributed by atoms with Crippen molar-refractivity contribution in [3.63, 3.8) is 0 Å². The molecule has 0 saturated carbocycles. The van der Waals surface area contributed by atoms with Gasteiger partial charge in [-0.15, -0.1) is 0 Å². The van der Waals surface area contributed by atoms with Crippen LogP contribution in [0.2, 0.25) is 0 Å². The molecule has 2 heterocycles. The second kappa shape index (κ2) is 14.3. The average molecular weight is 715 g/mol. The number of fused-ring (bicyclic) bond motifs is 3. The Hall–Kier alpha value is -7.56. The van der Waals surface area contributed by atoms with Crippen LogP contribution in [0.1, 0.15) is 0 Å². The first-order valence-electron chi connectivity index (χ1n) is 18.8. The van der Waals surface area contributed by atoms with E-state index in [1.54, 1.807) is 0 Å². The monoisotopic (exact) mass is 714 g/mol. The maximum atomic E-state index is 5.02. The minimum Gasteiger partial charge on any atom is -0.256 e. The van der Waals surface area contributed by atoms with E-state index in [1.165, 1.54) is 27.5 Å². The molecule has 0 bridgehead atoms. The smallest absolute Gasteiger partial charge is 0.164 e. The van der Waals surface area contributed by atoms with Crippen LogP contribution in [0.3, 0.4) is 0 Å². The first-order valence-corrected chi connectivity index (χ1v) is 18.8. The predicted molar refractivity (Wildman–Crippen MR) is 231 cm³/mol. The number of rotatable bonds is 7. The van der Waals surface area contributed by atoms with Crippen molar-refractivity contribution in [2.24, 2.45) is 0 Å². The van der Waals surface area contributed by atoms with Gasteiger partial charge in [-0.05, 0) is 62.0 Å². The summed E-state index contributed by atoms with van der Waals surface area (Å²) >= 11 is 0. The van der Waals surface area contributed by atoms with Gasteiger partial charge in [0.1, 0.15) is 0 Å². The van der Waals surface area contributed by atoms with Gasteiger partial charge < -0.3 is 0 Å². The van der Waals surface area contributed by atoms with E-state index in [4.69, 9.17) is 19.9 Å². The van der Waals surface area contributed by atoms with Gasteiger partial charge in [-0.3, -0.25) is 4.98 Å². The highest BCUT2D eigenvalue weighted by Gasteiger charge is 2.14. The lowest BCUT2D eigenvalue weighted by Crippen LogP contribution is -2.00. The molecule has 0 aliphatic heterocycles. The normalized spacial score (nSPS) is 11.2. The molecule has 10 rings (SSSR count). The number of aromatic nitrogens is 4. The first-order chi connectivity index (χ1) is 27.7. The van der Waals surface area contributed by atoms with Crippen molar-refractivity contribution in [3.05, 3.63) is 206 Å². The van der Waals surface area contributed by atoms with E-state index in [1.807, 2.05) is 42.6 Å². The van der Waals surface area contributed by atoms with Crippen LogP contribution in [0.25, 0.3) is 100 Å². The van der Waals surface area contributed by atoms with Crippen LogP contribution in [0.15, 0.2) is 206 Å². The van der Waals surface area contributed by atoms with E-state index >= 15 is 0 Å². The maximum Gasteiger partial charge on any atom is 0.164 e. The summed E-state index contributed by atoms with van der Waals surface area (Å²) in [6.07, 6.45) is 1.96. The Kier molecular flexibility index (Phi) is 8.47. The van der Waals surface area contributed by atoms with E-state index in [0.29, 0.717) is 17.5 Å². The molecule has 2 aromatic heterocycles. The lowest BCUT2D eigenvalue weighted by Gasteiger charge is -2.11. The summed E-state index contributed by atoms with van der Waals surface area (Å²) in [6.45, 7) is 0. The number of hydrogen-bond donors (Lipinski definition) is 0. The van der Waals surface area contributed by atoms with Gasteiger partial charge in [0.25, 0.3) is 0 Å². The van der Waals surface area contributed by atoms with E-state index in [0.717, 1.165) is 55.4 Å². The first kappa shape index (κ1) is 33.0. The molecule has 0 unspecified atom stereocenters. The topological polar surface area (TPSA) is 51.6 Å². The Morgan fingerprint density at radius 3 is 1.25 bits per heavy atom. The number of pyridine rings is 1. The second-order valence-corrected chi connectivity index (χ2v) is 13.9. The Balaban J connectivity index is 0.925. The van der Waals surface area contributed by atoms with Crippen molar-refractivity contribution in [2.45, 2.75) is 0 Å². The van der Waals surface area contributed by atoms with Gasteiger partial charge in [-0.25, -0.2) is 15.0 Å². The van der Waals surface area contributed by atoms with Gasteiger partial charge in [-0.2, -0.15) is 0 Å². The summed E-state index contributed by atoms with van der Waals surface area (Å²) in [4.78, 5) is 19.7. The van der Waals surface area contributed by atoms with Crippen LogP contribution in [-0.2, 0) is 0 Å². The molecule has 4 nitrogen and oxygen atoms in total. The predicted octanol–water partition coefficient (Wildman–Crippen LogP) is 13.2. The van der Waals surface area contributed by atoms with E-state index < -0.39 is 0 Å². The minimum absolute atomic E-state index is 0.634. The number of hydrogen-bond acceptors (Lipinski definition) is 4. The fourth-order valence-electron chi connectivity index (χ4n) is 7.38. The Bertz CT molecular complexity index is 2980. The standard InChI is InChI=1S/C52H34N4/c1-3-10-35(11-4-1)36-26-28-42(29-27-36)51-54-50(41-12-5-2-6-13-41)55-52(56-51)45-16-9-15-43(32-45)39-22-18-37(19-23-39)38-20-24-40(25-21-38)44-30-31-48-47-17-8-7-14-46(47)34-53-49(48)33-44/h1-34H. The van der Waals surface area contributed by atoms with Crippen molar-refractivity contribution < 1.29 is 0 Å². The Labute approximate surface area is 325 Å². The zero-order valence-electron chi connectivity index (χ0n) is 30.4. The zero-order chi connectivity index (χ0) is 37.3. The fourth-order valence-corrected chi connectivity index (χ4v) is 7.38. The molecular formula is C52H34N4. The Morgan fingerprint density at radius 2 is 0.643 bits per heavy atom. The lowest BCUT2D eigenvalue weighted by atomic mass is 9.96. The summed E-state index contributed by atoms with van der Waals surface area (Å²) in [5.41, 5.74) is 13.0. The molecule has 0 amide bonds. The zero-order valence-corrected chi connectivity index (χ0v) is 30.4. The van der Waals surface area contributed by atoms with Crippen LogP contribution in [0, 0.1) is 0 Å². The van der Waals surface area contributed by atoms with Crippen LogP contribution in [-0.4, -0.2) is 19.9 Å². The third kappa shape index (κ3) is 6.50. The molecule has 0 spiro atoms. The highest BCUT2D eigenvalue weighted by molar-refractivity contribution is 6.06. The summed E-state index contributed by atoms with van der Waals surface area (Å²) in [5, 5.41) is 3.56. The third-order valence-electron chi connectivity index (χ3n) is 10.4. The molecule has 0 radical (unpaired) electrons. The summed E-state index contributed by atoms with van der Waals surface area (Å²) in [7, 11) is 0. The molecule has 0 aliphatic carbocycles. The maximum absolute atomic E-state index is 5.02. The molecule has 0 saturated heterocycles. The van der Waals surface area contributed by atoms with Crippen LogP contribution in [0.5, 0.6) is 0 Å². The van der Waals surface area contributed by atoms with Crippen LogP contribution in [0.4, 0.5) is 0 Å². The summed E-state index contributed by atoms with van der Waals surface area (Å²) in [6, 6.07) is 69.8. The van der Waals surface area contributed by atoms with Gasteiger partial charge >= 0.3 is 0 Å². The third-order valence-corrected chi connectivity index (χ3v) is 10.4. The largest absolute Gasteiger partial charge is 0.256 e. The molecule has 0 N–H and O–H groups in total. The van der Waals surface area contributed by atoms with Crippen molar-refractivity contribution in [3.8, 4) is 78.7 Å². The summed E-state index contributed by atoms with van der Waals surface area (Å²) in [5.74, 6) is 1.92. The van der Waals surface area contributed by atoms with Gasteiger partial charge in [0, 0.05) is 33.7 Å². The Morgan fingerprint density at radius 1 is 0.250 bits per heavy atom. The molecule has 10 aromatic rings. The van der Waals surface area contributed by atoms with Gasteiger partial charge in [0.2, 0.25) is 0 Å². The van der Waals surface area contributed by atoms with Crippen LogP contribution >= 0.6 is 0 Å². The minimum atomic E-state index is 0.634. The molecule has 4 heteroatoms. The number of benzene rings is 8. The average Bonchev–Trinajstić information content (AvgIpc) is 3.29. The van der Waals surface area contributed by atoms with Crippen molar-refractivity contribution in [2.75, 3.05) is 0 Å². The highest BCUT2D eigenvalue weighted by Crippen LogP contribution is 2.33. The SMILES string of the molecule is c1ccc(-c2ccc(-c3nc(-c4ccccc4)nc(-c4cccc(-c5ccc(-c6ccc(-c7ccc8c(c7)ncc7ccccc78)cc6)cc5)c4)n3)cc2)cc1. The molecular weight excluding hydrogens is 681 g/mol. The molecule has 0 fully saturated rings. The van der Waals surface area contributed by atoms with Gasteiger partial charge in [0.15, 0.2) is 17.5 Å².